The van der Waals surface area contributed by atoms with E-state index in [9.17, 15) is 4.79 Å². The van der Waals surface area contributed by atoms with Crippen LogP contribution in [0.3, 0.4) is 0 Å². The number of rotatable bonds is 4. The average molecular weight is 340 g/mol. The van der Waals surface area contributed by atoms with Crippen LogP contribution >= 0.6 is 34.4 Å². The topological polar surface area (TPSA) is 52.1 Å². The first-order valence-electron chi connectivity index (χ1n) is 6.87. The van der Waals surface area contributed by atoms with E-state index >= 15 is 0 Å². The number of aryl methyl sites for hydroxylation is 2. The van der Waals surface area contributed by atoms with Crippen molar-refractivity contribution in [2.45, 2.75) is 42.2 Å². The van der Waals surface area contributed by atoms with Gasteiger partial charge in [0.2, 0.25) is 0 Å². The van der Waals surface area contributed by atoms with Gasteiger partial charge in [0.25, 0.3) is 0 Å². The van der Waals surface area contributed by atoms with Gasteiger partial charge in [-0.25, -0.2) is 0 Å². The minimum absolute atomic E-state index is 0.233. The van der Waals surface area contributed by atoms with E-state index in [2.05, 4.69) is 16.3 Å². The van der Waals surface area contributed by atoms with Gasteiger partial charge in [0.05, 0.1) is 12.0 Å². The van der Waals surface area contributed by atoms with Crippen molar-refractivity contribution in [3.05, 3.63) is 16.5 Å². The van der Waals surface area contributed by atoms with Crippen molar-refractivity contribution in [1.29, 1.82) is 0 Å². The van der Waals surface area contributed by atoms with Gasteiger partial charge in [0.1, 0.15) is 5.25 Å². The van der Waals surface area contributed by atoms with Gasteiger partial charge in [-0.3, -0.25) is 4.79 Å². The van der Waals surface area contributed by atoms with E-state index in [0.29, 0.717) is 0 Å². The van der Waals surface area contributed by atoms with Crippen molar-refractivity contribution in [3.63, 3.8) is 0 Å². The van der Waals surface area contributed by atoms with Gasteiger partial charge in [-0.15, -0.1) is 21.5 Å². The number of fused-ring (bicyclic) bond motifs is 1. The SMILES string of the molecule is COC(=O)C(C)Sc1nnc(-c2cc3c(s2)CCCC3)s1. The summed E-state index contributed by atoms with van der Waals surface area (Å²) in [7, 11) is 1.40. The monoisotopic (exact) mass is 340 g/mol. The fraction of sp³-hybridized carbons (Fsp3) is 0.500. The Morgan fingerprint density at radius 2 is 2.14 bits per heavy atom. The van der Waals surface area contributed by atoms with Gasteiger partial charge in [-0.05, 0) is 44.2 Å². The van der Waals surface area contributed by atoms with Crippen molar-refractivity contribution < 1.29 is 9.53 Å². The van der Waals surface area contributed by atoms with E-state index < -0.39 is 0 Å². The highest BCUT2D eigenvalue weighted by Gasteiger charge is 2.20. The second kappa shape index (κ2) is 6.46. The van der Waals surface area contributed by atoms with E-state index in [-0.39, 0.29) is 11.2 Å². The molecule has 0 spiro atoms. The van der Waals surface area contributed by atoms with Crippen molar-refractivity contribution in [2.24, 2.45) is 0 Å². The molecule has 2 heterocycles. The number of esters is 1. The summed E-state index contributed by atoms with van der Waals surface area (Å²) in [5, 5.41) is 9.16. The van der Waals surface area contributed by atoms with Crippen LogP contribution in [0.5, 0.6) is 0 Å². The third-order valence-corrected chi connectivity index (χ3v) is 6.92. The van der Waals surface area contributed by atoms with E-state index in [0.717, 1.165) is 9.35 Å². The quantitative estimate of drug-likeness (QED) is 0.626. The van der Waals surface area contributed by atoms with Crippen molar-refractivity contribution in [1.82, 2.24) is 10.2 Å². The van der Waals surface area contributed by atoms with Crippen molar-refractivity contribution in [3.8, 4) is 9.88 Å². The molecule has 0 radical (unpaired) electrons. The number of aromatic nitrogens is 2. The number of hydrogen-bond donors (Lipinski definition) is 0. The summed E-state index contributed by atoms with van der Waals surface area (Å²) < 4.78 is 5.54. The van der Waals surface area contributed by atoms with Crippen LogP contribution in [0, 0.1) is 0 Å². The summed E-state index contributed by atoms with van der Waals surface area (Å²) in [6, 6.07) is 2.26. The zero-order valence-electron chi connectivity index (χ0n) is 11.9. The van der Waals surface area contributed by atoms with Gasteiger partial charge < -0.3 is 4.74 Å². The second-order valence-electron chi connectivity index (χ2n) is 4.92. The van der Waals surface area contributed by atoms with Crippen LogP contribution in [-0.4, -0.2) is 28.5 Å². The number of carbonyl (C=O) groups is 1. The van der Waals surface area contributed by atoms with Gasteiger partial charge >= 0.3 is 5.97 Å². The number of methoxy groups -OCH3 is 1. The summed E-state index contributed by atoms with van der Waals surface area (Å²) >= 11 is 4.79. The molecule has 7 heteroatoms. The Labute approximate surface area is 135 Å². The lowest BCUT2D eigenvalue weighted by atomic mass is 9.99. The van der Waals surface area contributed by atoms with Gasteiger partial charge in [0.15, 0.2) is 9.35 Å². The molecule has 0 amide bonds. The molecule has 3 rings (SSSR count). The van der Waals surface area contributed by atoms with Crippen LogP contribution in [0.1, 0.15) is 30.2 Å². The minimum atomic E-state index is -0.257. The lowest BCUT2D eigenvalue weighted by Crippen LogP contribution is -2.14. The largest absolute Gasteiger partial charge is 0.468 e. The van der Waals surface area contributed by atoms with E-state index in [1.165, 1.54) is 59.9 Å². The van der Waals surface area contributed by atoms with Crippen LogP contribution in [-0.2, 0) is 22.4 Å². The molecule has 0 saturated carbocycles. The molecule has 1 aliphatic carbocycles. The third-order valence-electron chi connectivity index (χ3n) is 3.42. The summed E-state index contributed by atoms with van der Waals surface area (Å²) in [5.74, 6) is -0.233. The number of ether oxygens (including phenoxy) is 1. The Morgan fingerprint density at radius 3 is 2.90 bits per heavy atom. The maximum absolute atomic E-state index is 11.4. The van der Waals surface area contributed by atoms with Crippen LogP contribution in [0.4, 0.5) is 0 Å². The zero-order valence-corrected chi connectivity index (χ0v) is 14.4. The number of hydrogen-bond acceptors (Lipinski definition) is 7. The predicted octanol–water partition coefficient (Wildman–Crippen LogP) is 3.80. The Balaban J connectivity index is 1.75. The van der Waals surface area contributed by atoms with Gasteiger partial charge in [-0.1, -0.05) is 23.1 Å². The van der Waals surface area contributed by atoms with Gasteiger partial charge in [0, 0.05) is 4.88 Å². The highest BCUT2D eigenvalue weighted by Crippen LogP contribution is 2.38. The summed E-state index contributed by atoms with van der Waals surface area (Å²) in [6.07, 6.45) is 4.96. The highest BCUT2D eigenvalue weighted by atomic mass is 32.2. The molecule has 0 N–H and O–H groups in total. The zero-order chi connectivity index (χ0) is 14.8. The van der Waals surface area contributed by atoms with E-state index in [4.69, 9.17) is 4.74 Å². The third kappa shape index (κ3) is 3.30. The maximum atomic E-state index is 11.4. The lowest BCUT2D eigenvalue weighted by molar-refractivity contribution is -0.139. The van der Waals surface area contributed by atoms with E-state index in [1.54, 1.807) is 11.3 Å². The molecule has 2 aromatic rings. The van der Waals surface area contributed by atoms with Crippen LogP contribution in [0.2, 0.25) is 0 Å². The molecule has 1 unspecified atom stereocenters. The van der Waals surface area contributed by atoms with Gasteiger partial charge in [-0.2, -0.15) is 0 Å². The van der Waals surface area contributed by atoms with Crippen LogP contribution < -0.4 is 0 Å². The Hall–Kier alpha value is -0.920. The predicted molar refractivity (Wildman–Crippen MR) is 87.2 cm³/mol. The molecule has 4 nitrogen and oxygen atoms in total. The van der Waals surface area contributed by atoms with Crippen molar-refractivity contribution >= 4 is 40.4 Å². The maximum Gasteiger partial charge on any atom is 0.318 e. The number of carbonyl (C=O) groups excluding carboxylic acids is 1. The average Bonchev–Trinajstić information content (AvgIpc) is 3.12. The molecule has 1 atom stereocenters. The smallest absolute Gasteiger partial charge is 0.318 e. The Morgan fingerprint density at radius 1 is 1.33 bits per heavy atom. The molecule has 2 aromatic heterocycles. The molecule has 1 aliphatic rings. The Bertz CT molecular complexity index is 627. The Kier molecular flexibility index (Phi) is 4.61. The first-order chi connectivity index (χ1) is 10.2. The molecule has 0 aliphatic heterocycles. The summed E-state index contributed by atoms with van der Waals surface area (Å²) in [5.41, 5.74) is 1.48. The van der Waals surface area contributed by atoms with Crippen LogP contribution in [0.25, 0.3) is 9.88 Å². The molecule has 0 fully saturated rings. The highest BCUT2D eigenvalue weighted by molar-refractivity contribution is 8.02. The fourth-order valence-corrected chi connectivity index (χ4v) is 5.63. The minimum Gasteiger partial charge on any atom is -0.468 e. The summed E-state index contributed by atoms with van der Waals surface area (Å²) in [4.78, 5) is 14.1. The normalized spacial score (nSPS) is 15.5. The molecule has 0 saturated heterocycles. The van der Waals surface area contributed by atoms with Crippen LogP contribution in [0.15, 0.2) is 10.4 Å². The van der Waals surface area contributed by atoms with Crippen molar-refractivity contribution in [2.75, 3.05) is 7.11 Å². The second-order valence-corrected chi connectivity index (χ2v) is 8.62. The molecule has 0 aromatic carbocycles. The molecule has 112 valence electrons. The molecule has 21 heavy (non-hydrogen) atoms. The number of nitrogens with zero attached hydrogens (tertiary/aromatic N) is 2. The first kappa shape index (κ1) is 15.0. The number of thioether (sulfide) groups is 1. The first-order valence-corrected chi connectivity index (χ1v) is 9.38. The molecule has 0 bridgehead atoms. The van der Waals surface area contributed by atoms with E-state index in [1.807, 2.05) is 18.3 Å². The fourth-order valence-electron chi connectivity index (χ4n) is 2.32. The molecular formula is C14H16N2O2S3. The molecular weight excluding hydrogens is 324 g/mol. The summed E-state index contributed by atoms with van der Waals surface area (Å²) in [6.45, 7) is 1.82. The standard InChI is InChI=1S/C14H16N2O2S3/c1-8(13(17)18-2)19-14-16-15-12(21-14)11-7-9-5-3-4-6-10(9)20-11/h7-8H,3-6H2,1-2H3. The lowest BCUT2D eigenvalue weighted by Gasteiger charge is -2.08. The number of thiophene rings is 1.